The number of carbonyl (C=O) groups is 2. The molecule has 0 aliphatic heterocycles. The zero-order chi connectivity index (χ0) is 38.3. The third-order valence-corrected chi connectivity index (χ3v) is 11.3. The van der Waals surface area contributed by atoms with Gasteiger partial charge in [-0.15, -0.1) is 0 Å². The van der Waals surface area contributed by atoms with E-state index in [9.17, 15) is 14.7 Å². The number of nitrogens with zero attached hydrogens (tertiary/aromatic N) is 4. The van der Waals surface area contributed by atoms with Gasteiger partial charge in [0.1, 0.15) is 29.9 Å². The van der Waals surface area contributed by atoms with Crippen LogP contribution in [0.4, 0.5) is 5.82 Å². The van der Waals surface area contributed by atoms with Crippen LogP contribution < -0.4 is 15.9 Å². The van der Waals surface area contributed by atoms with Gasteiger partial charge in [-0.2, -0.15) is 0 Å². The number of rotatable bonds is 21. The van der Waals surface area contributed by atoms with Crippen LogP contribution in [0.25, 0.3) is 22.2 Å². The molecule has 5 rings (SSSR count). The number of aliphatic hydroxyl groups excluding tert-OH is 1. The van der Waals surface area contributed by atoms with Crippen LogP contribution in [0.5, 0.6) is 0 Å². The number of hydrogen-bond acceptors (Lipinski definition) is 10. The number of fused-ring (bicyclic) bond motifs is 1. The zero-order valence-corrected chi connectivity index (χ0v) is 31.7. The van der Waals surface area contributed by atoms with Gasteiger partial charge in [0.05, 0.1) is 25.2 Å². The first kappa shape index (κ1) is 40.3. The van der Waals surface area contributed by atoms with Gasteiger partial charge in [0.2, 0.25) is 7.44 Å². The van der Waals surface area contributed by atoms with E-state index in [1.165, 1.54) is 6.33 Å². The second-order valence-electron chi connectivity index (χ2n) is 12.8. The normalized spacial score (nSPS) is 12.8. The molecule has 0 radical (unpaired) electrons. The molecule has 0 unspecified atom stereocenters. The van der Waals surface area contributed by atoms with Crippen LogP contribution in [-0.2, 0) is 43.0 Å². The zero-order valence-electron chi connectivity index (χ0n) is 30.8. The van der Waals surface area contributed by atoms with Crippen molar-refractivity contribution >= 4 is 36.2 Å². The summed E-state index contributed by atoms with van der Waals surface area (Å²) in [6, 6.07) is 26.7. The summed E-state index contributed by atoms with van der Waals surface area (Å²) >= 11 is 0. The largest absolute Gasteiger partial charge is 0.465 e. The molecule has 5 aromatic rings. The van der Waals surface area contributed by atoms with Crippen LogP contribution in [0, 0.1) is 0 Å². The van der Waals surface area contributed by atoms with Crippen LogP contribution in [0.2, 0.25) is 0 Å². The number of anilines is 1. The first-order valence-electron chi connectivity index (χ1n) is 18.3. The second kappa shape index (κ2) is 20.0. The van der Waals surface area contributed by atoms with E-state index in [2.05, 4.69) is 20.1 Å². The number of benzene rings is 3. The molecule has 2 aromatic heterocycles. The maximum Gasteiger partial charge on any atom is 0.323 e. The molecular formula is C40H50N7O6P. The molecule has 0 aliphatic rings. The highest BCUT2D eigenvalue weighted by atomic mass is 31.2. The highest BCUT2D eigenvalue weighted by Gasteiger charge is 2.35. The Morgan fingerprint density at radius 2 is 1.35 bits per heavy atom. The van der Waals surface area contributed by atoms with E-state index in [-0.39, 0.29) is 45.4 Å². The van der Waals surface area contributed by atoms with Gasteiger partial charge >= 0.3 is 11.9 Å². The monoisotopic (exact) mass is 755 g/mol. The van der Waals surface area contributed by atoms with E-state index in [0.29, 0.717) is 31.1 Å². The molecular weight excluding hydrogens is 705 g/mol. The Kier molecular flexibility index (Phi) is 14.9. The van der Waals surface area contributed by atoms with Crippen molar-refractivity contribution in [2.75, 3.05) is 51.4 Å². The number of nitrogens with two attached hydrogens (primary N) is 1. The highest BCUT2D eigenvalue weighted by molar-refractivity contribution is 7.60. The smallest absolute Gasteiger partial charge is 0.323 e. The van der Waals surface area contributed by atoms with Gasteiger partial charge in [-0.1, -0.05) is 91.0 Å². The molecule has 0 amide bonds. The molecule has 2 heterocycles. The van der Waals surface area contributed by atoms with Gasteiger partial charge < -0.3 is 24.9 Å². The van der Waals surface area contributed by atoms with E-state index in [1.54, 1.807) is 13.8 Å². The van der Waals surface area contributed by atoms with Crippen LogP contribution in [0.15, 0.2) is 104 Å². The Morgan fingerprint density at radius 3 is 1.87 bits per heavy atom. The van der Waals surface area contributed by atoms with Gasteiger partial charge in [0.15, 0.2) is 0 Å². The first-order valence-corrected chi connectivity index (χ1v) is 20.2. The Morgan fingerprint density at radius 1 is 0.815 bits per heavy atom. The quantitative estimate of drug-likeness (QED) is 0.0602. The van der Waals surface area contributed by atoms with Crippen LogP contribution >= 0.6 is 7.44 Å². The van der Waals surface area contributed by atoms with Crippen molar-refractivity contribution in [3.8, 4) is 11.1 Å². The molecule has 5 N–H and O–H groups in total. The topological polar surface area (TPSA) is 174 Å². The van der Waals surface area contributed by atoms with Gasteiger partial charge in [0.25, 0.3) is 0 Å². The number of hydrogen-bond donors (Lipinski definition) is 4. The Hall–Kier alpha value is -4.91. The summed E-state index contributed by atoms with van der Waals surface area (Å²) in [6.45, 7) is 5.06. The van der Waals surface area contributed by atoms with Gasteiger partial charge in [-0.05, 0) is 43.4 Å². The summed E-state index contributed by atoms with van der Waals surface area (Å²) in [5, 5.41) is 17.1. The van der Waals surface area contributed by atoms with Crippen LogP contribution in [0.3, 0.4) is 0 Å². The molecule has 3 aromatic carbocycles. The van der Waals surface area contributed by atoms with Crippen molar-refractivity contribution in [1.29, 1.82) is 0 Å². The lowest BCUT2D eigenvalue weighted by atomic mass is 10.1. The van der Waals surface area contributed by atoms with Crippen molar-refractivity contribution in [1.82, 2.24) is 29.6 Å². The molecule has 286 valence electrons. The maximum atomic E-state index is 15.2. The van der Waals surface area contributed by atoms with Crippen LogP contribution in [0.1, 0.15) is 25.0 Å². The molecule has 0 fully saturated rings. The molecule has 54 heavy (non-hydrogen) atoms. The fourth-order valence-corrected chi connectivity index (χ4v) is 8.68. The molecule has 13 nitrogen and oxygen atoms in total. The van der Waals surface area contributed by atoms with Crippen molar-refractivity contribution < 1.29 is 28.7 Å². The van der Waals surface area contributed by atoms with E-state index in [4.69, 9.17) is 15.2 Å². The lowest BCUT2D eigenvalue weighted by Crippen LogP contribution is -2.47. The minimum Gasteiger partial charge on any atom is -0.465 e. The van der Waals surface area contributed by atoms with Crippen LogP contribution in [-0.4, -0.2) is 94.2 Å². The number of nitrogens with one attached hydrogen (secondary N) is 2. The summed E-state index contributed by atoms with van der Waals surface area (Å²) < 4.78 is 28.1. The number of aliphatic hydroxyl groups is 1. The molecule has 0 spiro atoms. The van der Waals surface area contributed by atoms with Crippen molar-refractivity contribution in [2.45, 2.75) is 45.3 Å². The number of esters is 2. The van der Waals surface area contributed by atoms with Gasteiger partial charge in [-0.3, -0.25) is 19.1 Å². The Balaban J connectivity index is 1.42. The highest BCUT2D eigenvalue weighted by Crippen LogP contribution is 2.39. The minimum absolute atomic E-state index is 0.0131. The lowest BCUT2D eigenvalue weighted by molar-refractivity contribution is -0.145. The molecule has 0 saturated heterocycles. The summed E-state index contributed by atoms with van der Waals surface area (Å²) in [5.41, 5.74) is 10.6. The third-order valence-electron chi connectivity index (χ3n) is 9.01. The van der Waals surface area contributed by atoms with Crippen molar-refractivity contribution in [3.63, 3.8) is 0 Å². The molecule has 0 saturated carbocycles. The third kappa shape index (κ3) is 11.1. The molecule has 0 bridgehead atoms. The van der Waals surface area contributed by atoms with E-state index in [0.717, 1.165) is 27.6 Å². The first-order chi connectivity index (χ1) is 26.2. The molecule has 2 atom stereocenters. The SMILES string of the molecule is CCOC(=O)[C@H](Cc1ccccc1)NP(=O)(CCN(CCO)CCn1cc(-c2ccccc2)c2c(N)ncnc21)N[C@@H](Cc1ccccc1)C(=O)OCC. The lowest BCUT2D eigenvalue weighted by Gasteiger charge is -2.31. The maximum absolute atomic E-state index is 15.2. The van der Waals surface area contributed by atoms with Crippen molar-refractivity contribution in [3.05, 3.63) is 115 Å². The summed E-state index contributed by atoms with van der Waals surface area (Å²) in [5.74, 6) is -0.733. The summed E-state index contributed by atoms with van der Waals surface area (Å²) in [7, 11) is -3.78. The standard InChI is InChI=1S/C40H50N7O6P/c1-3-52-39(49)34(26-30-14-8-5-9-15-30)44-54(51,45-35(40(50)53-4-2)27-31-16-10-6-11-17-31)25-23-46(22-24-48)20-21-47-28-33(32-18-12-7-13-19-32)36-37(41)42-29-43-38(36)47/h5-19,28-29,34-35,48H,3-4,20-27H2,1-2H3,(H2,41,42,43)(H2,44,45,51)/t34-,35-/m0/s1. The number of aromatic nitrogens is 3. The number of nitrogen functional groups attached to an aromatic ring is 1. The average molecular weight is 756 g/mol. The summed E-state index contributed by atoms with van der Waals surface area (Å²) in [6.07, 6.45) is 3.87. The van der Waals surface area contributed by atoms with E-state index in [1.807, 2.05) is 107 Å². The fraction of sp³-hybridized carbons (Fsp3) is 0.350. The fourth-order valence-electron chi connectivity index (χ4n) is 6.38. The minimum atomic E-state index is -3.78. The predicted octanol–water partition coefficient (Wildman–Crippen LogP) is 4.70. The second-order valence-corrected chi connectivity index (χ2v) is 15.3. The van der Waals surface area contributed by atoms with E-state index >= 15 is 4.57 Å². The van der Waals surface area contributed by atoms with Gasteiger partial charge in [0, 0.05) is 44.1 Å². The Labute approximate surface area is 316 Å². The average Bonchev–Trinajstić information content (AvgIpc) is 3.56. The Bertz CT molecular complexity index is 1910. The molecule has 0 aliphatic carbocycles. The summed E-state index contributed by atoms with van der Waals surface area (Å²) in [4.78, 5) is 37.5. The number of carbonyl (C=O) groups excluding carboxylic acids is 2. The number of ether oxygens (including phenoxy) is 2. The molecule has 14 heteroatoms. The van der Waals surface area contributed by atoms with Gasteiger partial charge in [-0.25, -0.2) is 20.1 Å². The predicted molar refractivity (Wildman–Crippen MR) is 211 cm³/mol. The van der Waals surface area contributed by atoms with Crippen molar-refractivity contribution in [2.24, 2.45) is 0 Å². The van der Waals surface area contributed by atoms with E-state index < -0.39 is 31.5 Å².